The Kier molecular flexibility index (Phi) is 2.75. The molecule has 0 saturated carbocycles. The van der Waals surface area contributed by atoms with E-state index in [4.69, 9.17) is 5.26 Å². The molecule has 1 aromatic heterocycles. The highest BCUT2D eigenvalue weighted by molar-refractivity contribution is 9.10. The van der Waals surface area contributed by atoms with Crippen LogP contribution in [0.3, 0.4) is 0 Å². The SMILES string of the molecule is Cn1c(-c2ccccc2C#N)nc(Br)c1F. The second-order valence-corrected chi connectivity index (χ2v) is 3.98. The summed E-state index contributed by atoms with van der Waals surface area (Å²) in [5.41, 5.74) is 1.10. The average molecular weight is 280 g/mol. The van der Waals surface area contributed by atoms with Gasteiger partial charge in [-0.15, -0.1) is 0 Å². The molecule has 0 unspecified atom stereocenters. The largest absolute Gasteiger partial charge is 0.303 e. The number of imidazole rings is 1. The highest BCUT2D eigenvalue weighted by atomic mass is 79.9. The van der Waals surface area contributed by atoms with Crippen LogP contribution in [-0.4, -0.2) is 9.55 Å². The molecule has 0 saturated heterocycles. The summed E-state index contributed by atoms with van der Waals surface area (Å²) in [6.45, 7) is 0. The topological polar surface area (TPSA) is 41.6 Å². The molecule has 1 heterocycles. The van der Waals surface area contributed by atoms with E-state index in [9.17, 15) is 4.39 Å². The first-order valence-electron chi connectivity index (χ1n) is 4.52. The molecule has 3 nitrogen and oxygen atoms in total. The van der Waals surface area contributed by atoms with Crippen LogP contribution in [0.4, 0.5) is 4.39 Å². The molecular formula is C11H7BrFN3. The number of hydrogen-bond acceptors (Lipinski definition) is 2. The second-order valence-electron chi connectivity index (χ2n) is 3.23. The maximum absolute atomic E-state index is 13.4. The van der Waals surface area contributed by atoms with Crippen LogP contribution in [0.15, 0.2) is 28.9 Å². The lowest BCUT2D eigenvalue weighted by atomic mass is 10.1. The number of rotatable bonds is 1. The minimum absolute atomic E-state index is 0.151. The predicted molar refractivity (Wildman–Crippen MR) is 61.0 cm³/mol. The fraction of sp³-hybridized carbons (Fsp3) is 0.0909. The normalized spacial score (nSPS) is 10.1. The molecule has 80 valence electrons. The molecule has 0 bridgehead atoms. The Bertz CT molecular complexity index is 583. The summed E-state index contributed by atoms with van der Waals surface area (Å²) in [6, 6.07) is 9.03. The molecule has 0 N–H and O–H groups in total. The Hall–Kier alpha value is -1.67. The van der Waals surface area contributed by atoms with Crippen molar-refractivity contribution in [2.45, 2.75) is 0 Å². The van der Waals surface area contributed by atoms with Gasteiger partial charge in [-0.1, -0.05) is 12.1 Å². The van der Waals surface area contributed by atoms with Crippen LogP contribution in [-0.2, 0) is 7.05 Å². The van der Waals surface area contributed by atoms with Crippen molar-refractivity contribution in [2.24, 2.45) is 7.05 Å². The van der Waals surface area contributed by atoms with Crippen LogP contribution in [0.1, 0.15) is 5.56 Å². The second kappa shape index (κ2) is 4.06. The smallest absolute Gasteiger partial charge is 0.228 e. The lowest BCUT2D eigenvalue weighted by Crippen LogP contribution is -1.97. The molecule has 2 rings (SSSR count). The summed E-state index contributed by atoms with van der Waals surface area (Å²) < 4.78 is 14.9. The molecule has 16 heavy (non-hydrogen) atoms. The van der Waals surface area contributed by atoms with Gasteiger partial charge in [-0.3, -0.25) is 0 Å². The van der Waals surface area contributed by atoms with Gasteiger partial charge in [-0.25, -0.2) is 4.98 Å². The predicted octanol–water partition coefficient (Wildman–Crippen LogP) is 2.86. The highest BCUT2D eigenvalue weighted by Gasteiger charge is 2.15. The molecule has 1 aromatic carbocycles. The summed E-state index contributed by atoms with van der Waals surface area (Å²) in [7, 11) is 1.57. The number of benzene rings is 1. The standard InChI is InChI=1S/C11H7BrFN3/c1-16-10(13)9(12)15-11(16)8-5-3-2-4-7(8)6-14/h2-5H,1H3. The summed E-state index contributed by atoms with van der Waals surface area (Å²) in [5, 5.41) is 8.95. The van der Waals surface area contributed by atoms with Crippen LogP contribution >= 0.6 is 15.9 Å². The van der Waals surface area contributed by atoms with Crippen molar-refractivity contribution in [3.8, 4) is 17.5 Å². The lowest BCUT2D eigenvalue weighted by molar-refractivity contribution is 0.532. The van der Waals surface area contributed by atoms with Gasteiger partial charge in [0.1, 0.15) is 5.82 Å². The maximum Gasteiger partial charge on any atom is 0.228 e. The Labute approximate surface area is 100 Å². The van der Waals surface area contributed by atoms with Gasteiger partial charge in [0.2, 0.25) is 5.95 Å². The van der Waals surface area contributed by atoms with Crippen molar-refractivity contribution in [1.82, 2.24) is 9.55 Å². The molecule has 0 atom stereocenters. The van der Waals surface area contributed by atoms with Crippen LogP contribution < -0.4 is 0 Å². The van der Waals surface area contributed by atoms with Crippen molar-refractivity contribution < 1.29 is 4.39 Å². The fourth-order valence-electron chi connectivity index (χ4n) is 1.46. The zero-order valence-corrected chi connectivity index (χ0v) is 9.99. The minimum Gasteiger partial charge on any atom is -0.303 e. The molecule has 0 spiro atoms. The molecule has 0 radical (unpaired) electrons. The Morgan fingerprint density at radius 1 is 1.44 bits per heavy atom. The van der Waals surface area contributed by atoms with Crippen molar-refractivity contribution in [3.05, 3.63) is 40.4 Å². The number of aromatic nitrogens is 2. The van der Waals surface area contributed by atoms with Crippen LogP contribution in [0.25, 0.3) is 11.4 Å². The summed E-state index contributed by atoms with van der Waals surface area (Å²) >= 11 is 3.02. The van der Waals surface area contributed by atoms with Gasteiger partial charge in [0.05, 0.1) is 11.6 Å². The van der Waals surface area contributed by atoms with Gasteiger partial charge in [0, 0.05) is 12.6 Å². The van der Waals surface area contributed by atoms with Crippen molar-refractivity contribution >= 4 is 15.9 Å². The van der Waals surface area contributed by atoms with E-state index in [2.05, 4.69) is 27.0 Å². The number of halogens is 2. The van der Waals surface area contributed by atoms with Gasteiger partial charge in [0.25, 0.3) is 0 Å². The fourth-order valence-corrected chi connectivity index (χ4v) is 1.90. The molecule has 5 heteroatoms. The zero-order valence-electron chi connectivity index (χ0n) is 8.41. The first-order valence-corrected chi connectivity index (χ1v) is 5.31. The number of hydrogen-bond donors (Lipinski definition) is 0. The van der Waals surface area contributed by atoms with E-state index in [1.165, 1.54) is 4.57 Å². The van der Waals surface area contributed by atoms with Crippen molar-refractivity contribution in [3.63, 3.8) is 0 Å². The third kappa shape index (κ3) is 1.61. The van der Waals surface area contributed by atoms with Gasteiger partial charge >= 0.3 is 0 Å². The molecule has 2 aromatic rings. The number of nitriles is 1. The van der Waals surface area contributed by atoms with E-state index in [0.717, 1.165) is 0 Å². The third-order valence-corrected chi connectivity index (χ3v) is 2.78. The van der Waals surface area contributed by atoms with Crippen LogP contribution in [0.2, 0.25) is 0 Å². The average Bonchev–Trinajstić information content (AvgIpc) is 2.57. The van der Waals surface area contributed by atoms with Crippen molar-refractivity contribution in [1.29, 1.82) is 5.26 Å². The van der Waals surface area contributed by atoms with E-state index >= 15 is 0 Å². The minimum atomic E-state index is -0.456. The van der Waals surface area contributed by atoms with Gasteiger partial charge in [-0.05, 0) is 28.1 Å². The summed E-state index contributed by atoms with van der Waals surface area (Å²) in [6.07, 6.45) is 0. The molecule has 0 aliphatic carbocycles. The molecule has 0 fully saturated rings. The van der Waals surface area contributed by atoms with E-state index in [1.807, 2.05) is 0 Å². The quantitative estimate of drug-likeness (QED) is 0.806. The summed E-state index contributed by atoms with van der Waals surface area (Å²) in [5.74, 6) is -0.0238. The lowest BCUT2D eigenvalue weighted by Gasteiger charge is -2.03. The van der Waals surface area contributed by atoms with Crippen LogP contribution in [0, 0.1) is 17.3 Å². The maximum atomic E-state index is 13.4. The first kappa shape index (κ1) is 10.8. The van der Waals surface area contributed by atoms with E-state index < -0.39 is 5.95 Å². The van der Waals surface area contributed by atoms with Gasteiger partial charge < -0.3 is 4.57 Å². The first-order chi connectivity index (χ1) is 7.65. The van der Waals surface area contributed by atoms with E-state index in [0.29, 0.717) is 17.0 Å². The van der Waals surface area contributed by atoms with E-state index in [1.54, 1.807) is 31.3 Å². The van der Waals surface area contributed by atoms with Crippen LogP contribution in [0.5, 0.6) is 0 Å². The molecule has 0 aliphatic heterocycles. The molecule has 0 aliphatic rings. The van der Waals surface area contributed by atoms with Gasteiger partial charge in [-0.2, -0.15) is 9.65 Å². The Balaban J connectivity index is 2.69. The van der Waals surface area contributed by atoms with Gasteiger partial charge in [0.15, 0.2) is 4.60 Å². The Morgan fingerprint density at radius 3 is 2.69 bits per heavy atom. The highest BCUT2D eigenvalue weighted by Crippen LogP contribution is 2.25. The number of nitrogens with zero attached hydrogens (tertiary/aromatic N) is 3. The monoisotopic (exact) mass is 279 g/mol. The van der Waals surface area contributed by atoms with Crippen molar-refractivity contribution in [2.75, 3.05) is 0 Å². The molecular weight excluding hydrogens is 273 g/mol. The molecule has 0 amide bonds. The Morgan fingerprint density at radius 2 is 2.12 bits per heavy atom. The third-order valence-electron chi connectivity index (χ3n) is 2.27. The summed E-state index contributed by atoms with van der Waals surface area (Å²) in [4.78, 5) is 4.04. The van der Waals surface area contributed by atoms with E-state index in [-0.39, 0.29) is 4.60 Å². The zero-order chi connectivity index (χ0) is 11.7.